The van der Waals surface area contributed by atoms with Crippen LogP contribution in [0.5, 0.6) is 5.75 Å². The highest BCUT2D eigenvalue weighted by atomic mass is 35.5. The molecule has 0 spiro atoms. The molecule has 0 radical (unpaired) electrons. The van der Waals surface area contributed by atoms with Crippen molar-refractivity contribution in [3.05, 3.63) is 71.6 Å². The van der Waals surface area contributed by atoms with Crippen LogP contribution in [0.2, 0.25) is 5.02 Å². The number of sulfone groups is 1. The molecule has 0 amide bonds. The van der Waals surface area contributed by atoms with Gasteiger partial charge in [0, 0.05) is 22.7 Å². The van der Waals surface area contributed by atoms with Crippen LogP contribution in [0.3, 0.4) is 0 Å². The SMILES string of the molecule is NCCOc1cc(CS(=O)(=O)c2cccc(Cl)c2)ccc1-c1ccoc1. The minimum Gasteiger partial charge on any atom is -0.492 e. The van der Waals surface area contributed by atoms with Gasteiger partial charge in [-0.25, -0.2) is 8.42 Å². The molecule has 136 valence electrons. The maximum absolute atomic E-state index is 12.7. The molecule has 2 N–H and O–H groups in total. The lowest BCUT2D eigenvalue weighted by molar-refractivity contribution is 0.329. The second-order valence-corrected chi connectivity index (χ2v) is 8.12. The second kappa shape index (κ2) is 7.95. The standard InChI is InChI=1S/C19H18ClNO4S/c20-16-2-1-3-17(11-16)26(22,23)13-14-4-5-18(15-6-8-24-12-15)19(10-14)25-9-7-21/h1-6,8,10-12H,7,9,13,21H2. The summed E-state index contributed by atoms with van der Waals surface area (Å²) in [6.07, 6.45) is 3.17. The fraction of sp³-hybridized carbons (Fsp3) is 0.158. The van der Waals surface area contributed by atoms with Crippen LogP contribution in [0.1, 0.15) is 5.56 Å². The summed E-state index contributed by atoms with van der Waals surface area (Å²) in [5.74, 6) is 0.411. The van der Waals surface area contributed by atoms with Gasteiger partial charge >= 0.3 is 0 Å². The molecule has 3 aromatic rings. The number of rotatable bonds is 7. The zero-order valence-corrected chi connectivity index (χ0v) is 15.5. The van der Waals surface area contributed by atoms with Crippen molar-refractivity contribution in [1.82, 2.24) is 0 Å². The van der Waals surface area contributed by atoms with Crippen molar-refractivity contribution >= 4 is 21.4 Å². The Balaban J connectivity index is 1.93. The Hall–Kier alpha value is -2.28. The van der Waals surface area contributed by atoms with Crippen LogP contribution in [-0.4, -0.2) is 21.6 Å². The first-order valence-corrected chi connectivity index (χ1v) is 9.99. The number of hydrogen-bond acceptors (Lipinski definition) is 5. The van der Waals surface area contributed by atoms with Crippen molar-refractivity contribution < 1.29 is 17.6 Å². The number of benzene rings is 2. The van der Waals surface area contributed by atoms with Crippen LogP contribution in [0.4, 0.5) is 0 Å². The van der Waals surface area contributed by atoms with E-state index in [-0.39, 0.29) is 10.6 Å². The quantitative estimate of drug-likeness (QED) is 0.660. The third-order valence-electron chi connectivity index (χ3n) is 3.77. The van der Waals surface area contributed by atoms with E-state index in [9.17, 15) is 8.42 Å². The van der Waals surface area contributed by atoms with Gasteiger partial charge in [-0.2, -0.15) is 0 Å². The summed E-state index contributed by atoms with van der Waals surface area (Å²) < 4.78 is 36.1. The molecule has 0 atom stereocenters. The molecule has 0 saturated carbocycles. The molecule has 0 aliphatic rings. The lowest BCUT2D eigenvalue weighted by Gasteiger charge is -2.12. The molecule has 26 heavy (non-hydrogen) atoms. The molecular formula is C19H18ClNO4S. The fourth-order valence-corrected chi connectivity index (χ4v) is 4.20. The third-order valence-corrected chi connectivity index (χ3v) is 5.69. The molecule has 1 heterocycles. The van der Waals surface area contributed by atoms with Crippen molar-refractivity contribution in [2.75, 3.05) is 13.2 Å². The van der Waals surface area contributed by atoms with Crippen molar-refractivity contribution in [3.63, 3.8) is 0 Å². The highest BCUT2D eigenvalue weighted by molar-refractivity contribution is 7.90. The minimum atomic E-state index is -3.52. The zero-order valence-electron chi connectivity index (χ0n) is 13.9. The van der Waals surface area contributed by atoms with E-state index < -0.39 is 9.84 Å². The third kappa shape index (κ3) is 4.27. The van der Waals surface area contributed by atoms with Gasteiger partial charge < -0.3 is 14.9 Å². The molecule has 0 fully saturated rings. The van der Waals surface area contributed by atoms with Gasteiger partial charge in [0.25, 0.3) is 0 Å². The molecule has 7 heteroatoms. The summed E-state index contributed by atoms with van der Waals surface area (Å²) in [5.41, 5.74) is 7.80. The lowest BCUT2D eigenvalue weighted by Crippen LogP contribution is -2.11. The summed E-state index contributed by atoms with van der Waals surface area (Å²) in [7, 11) is -3.52. The van der Waals surface area contributed by atoms with Gasteiger partial charge in [-0.1, -0.05) is 29.8 Å². The summed E-state index contributed by atoms with van der Waals surface area (Å²) >= 11 is 5.91. The number of furan rings is 1. The second-order valence-electron chi connectivity index (χ2n) is 5.70. The molecule has 5 nitrogen and oxygen atoms in total. The van der Waals surface area contributed by atoms with E-state index in [2.05, 4.69) is 0 Å². The Morgan fingerprint density at radius 1 is 1.12 bits per heavy atom. The van der Waals surface area contributed by atoms with Gasteiger partial charge in [0.05, 0.1) is 23.2 Å². The monoisotopic (exact) mass is 391 g/mol. The largest absolute Gasteiger partial charge is 0.492 e. The number of halogens is 1. The van der Waals surface area contributed by atoms with Crippen molar-refractivity contribution in [2.24, 2.45) is 5.73 Å². The van der Waals surface area contributed by atoms with Gasteiger partial charge in [-0.3, -0.25) is 0 Å². The van der Waals surface area contributed by atoms with E-state index in [1.54, 1.807) is 36.8 Å². The maximum atomic E-state index is 12.7. The van der Waals surface area contributed by atoms with E-state index in [0.29, 0.717) is 29.5 Å². The van der Waals surface area contributed by atoms with Crippen LogP contribution in [0, 0.1) is 0 Å². The van der Waals surface area contributed by atoms with Crippen LogP contribution in [0.25, 0.3) is 11.1 Å². The average molecular weight is 392 g/mol. The number of ether oxygens (including phenoxy) is 1. The van der Waals surface area contributed by atoms with E-state index in [1.165, 1.54) is 12.1 Å². The van der Waals surface area contributed by atoms with E-state index >= 15 is 0 Å². The van der Waals surface area contributed by atoms with Crippen LogP contribution < -0.4 is 10.5 Å². The molecule has 0 bridgehead atoms. The topological polar surface area (TPSA) is 82.5 Å². The predicted octanol–water partition coefficient (Wildman–Crippen LogP) is 3.91. The van der Waals surface area contributed by atoms with Crippen molar-refractivity contribution in [2.45, 2.75) is 10.6 Å². The Labute approximate surface area is 157 Å². The molecule has 0 aliphatic heterocycles. The summed E-state index contributed by atoms with van der Waals surface area (Å²) in [6.45, 7) is 0.686. The van der Waals surface area contributed by atoms with Crippen molar-refractivity contribution in [3.8, 4) is 16.9 Å². The number of nitrogens with two attached hydrogens (primary N) is 1. The van der Waals surface area contributed by atoms with Crippen molar-refractivity contribution in [1.29, 1.82) is 0 Å². The van der Waals surface area contributed by atoms with E-state index in [4.69, 9.17) is 26.5 Å². The molecule has 0 aliphatic carbocycles. The fourth-order valence-electron chi connectivity index (χ4n) is 2.56. The highest BCUT2D eigenvalue weighted by Crippen LogP contribution is 2.32. The van der Waals surface area contributed by atoms with E-state index in [1.807, 2.05) is 12.1 Å². The Kier molecular flexibility index (Phi) is 5.66. The molecule has 1 aromatic heterocycles. The summed E-state index contributed by atoms with van der Waals surface area (Å²) in [5, 5.41) is 0.383. The smallest absolute Gasteiger partial charge is 0.182 e. The first-order chi connectivity index (χ1) is 12.5. The number of hydrogen-bond donors (Lipinski definition) is 1. The first-order valence-electron chi connectivity index (χ1n) is 7.96. The highest BCUT2D eigenvalue weighted by Gasteiger charge is 2.17. The van der Waals surface area contributed by atoms with Crippen LogP contribution in [-0.2, 0) is 15.6 Å². The van der Waals surface area contributed by atoms with Gasteiger partial charge in [0.15, 0.2) is 9.84 Å². The molecule has 3 rings (SSSR count). The Morgan fingerprint density at radius 3 is 2.65 bits per heavy atom. The molecule has 2 aromatic carbocycles. The minimum absolute atomic E-state index is 0.155. The van der Waals surface area contributed by atoms with Gasteiger partial charge in [-0.05, 0) is 35.9 Å². The lowest BCUT2D eigenvalue weighted by atomic mass is 10.1. The molecular weight excluding hydrogens is 374 g/mol. The van der Waals surface area contributed by atoms with Crippen LogP contribution in [0.15, 0.2) is 70.4 Å². The van der Waals surface area contributed by atoms with Gasteiger partial charge in [0.1, 0.15) is 12.4 Å². The van der Waals surface area contributed by atoms with Gasteiger partial charge in [-0.15, -0.1) is 0 Å². The molecule has 0 saturated heterocycles. The summed E-state index contributed by atoms with van der Waals surface area (Å²) in [4.78, 5) is 0.188. The van der Waals surface area contributed by atoms with Crippen LogP contribution >= 0.6 is 11.6 Å². The van der Waals surface area contributed by atoms with Gasteiger partial charge in [0.2, 0.25) is 0 Å². The normalized spacial score (nSPS) is 11.5. The Bertz CT molecular complexity index is 985. The predicted molar refractivity (Wildman–Crippen MR) is 101 cm³/mol. The van der Waals surface area contributed by atoms with E-state index in [0.717, 1.165) is 11.1 Å². The zero-order chi connectivity index (χ0) is 18.6. The first kappa shape index (κ1) is 18.5. The molecule has 0 unspecified atom stereocenters. The maximum Gasteiger partial charge on any atom is 0.182 e. The Morgan fingerprint density at radius 2 is 1.96 bits per heavy atom. The average Bonchev–Trinajstić information content (AvgIpc) is 3.14. The summed E-state index contributed by atoms with van der Waals surface area (Å²) in [6, 6.07) is 13.4.